The van der Waals surface area contributed by atoms with Crippen molar-refractivity contribution in [3.05, 3.63) is 60.3 Å². The van der Waals surface area contributed by atoms with Gasteiger partial charge in [-0.1, -0.05) is 36.4 Å². The zero-order chi connectivity index (χ0) is 21.2. The molecule has 0 fully saturated rings. The maximum absolute atomic E-state index is 13.2. The monoisotopic (exact) mass is 411 g/mol. The summed E-state index contributed by atoms with van der Waals surface area (Å²) in [5, 5.41) is 6.47. The van der Waals surface area contributed by atoms with Gasteiger partial charge in [-0.25, -0.2) is 0 Å². The molecule has 1 aromatic heterocycles. The number of H-pyrrole nitrogens is 1. The maximum Gasteiger partial charge on any atom is 0.456 e. The van der Waals surface area contributed by atoms with Gasteiger partial charge in [-0.15, -0.1) is 0 Å². The lowest BCUT2D eigenvalue weighted by atomic mass is 10.0. The Morgan fingerprint density at radius 1 is 1.00 bits per heavy atom. The van der Waals surface area contributed by atoms with E-state index in [9.17, 15) is 26.7 Å². The van der Waals surface area contributed by atoms with Crippen molar-refractivity contribution in [2.75, 3.05) is 6.61 Å². The number of ether oxygens (including phenoxy) is 1. The minimum Gasteiger partial charge on any atom is -0.486 e. The average molecular weight is 411 g/mol. The van der Waals surface area contributed by atoms with Crippen LogP contribution in [0.2, 0.25) is 0 Å². The first-order valence-electron chi connectivity index (χ1n) is 8.21. The molecule has 1 amide bonds. The second-order valence-corrected chi connectivity index (χ2v) is 6.10. The number of carbonyl (C=O) groups excluding carboxylic acids is 1. The molecule has 0 saturated carbocycles. The first-order valence-corrected chi connectivity index (χ1v) is 8.21. The van der Waals surface area contributed by atoms with Crippen LogP contribution in [0.4, 0.5) is 22.0 Å². The van der Waals surface area contributed by atoms with E-state index in [4.69, 9.17) is 10.5 Å². The topological polar surface area (TPSA) is 81.0 Å². The lowest BCUT2D eigenvalue weighted by Gasteiger charge is -2.21. The highest BCUT2D eigenvalue weighted by Crippen LogP contribution is 2.38. The third-order valence-electron chi connectivity index (χ3n) is 4.02. The molecular formula is C19H14F5N3O2. The third kappa shape index (κ3) is 4.36. The summed E-state index contributed by atoms with van der Waals surface area (Å²) in [6.07, 6.45) is -5.71. The lowest BCUT2D eigenvalue weighted by molar-refractivity contribution is -0.289. The van der Waals surface area contributed by atoms with Gasteiger partial charge in [-0.05, 0) is 23.8 Å². The van der Waals surface area contributed by atoms with Crippen LogP contribution in [0, 0.1) is 0 Å². The average Bonchev–Trinajstić information content (AvgIpc) is 3.16. The minimum absolute atomic E-state index is 0.100. The molecule has 3 aromatic rings. The fourth-order valence-corrected chi connectivity index (χ4v) is 2.52. The van der Waals surface area contributed by atoms with Crippen molar-refractivity contribution in [2.45, 2.75) is 12.1 Å². The molecule has 0 spiro atoms. The summed E-state index contributed by atoms with van der Waals surface area (Å²) < 4.78 is 68.4. The molecule has 3 rings (SSSR count). The molecule has 0 aliphatic heterocycles. The quantitative estimate of drug-likeness (QED) is 0.590. The van der Waals surface area contributed by atoms with Crippen LogP contribution in [0.3, 0.4) is 0 Å². The second-order valence-electron chi connectivity index (χ2n) is 6.10. The summed E-state index contributed by atoms with van der Waals surface area (Å²) in [6, 6.07) is 13.9. The molecule has 0 bridgehead atoms. The molecule has 152 valence electrons. The van der Waals surface area contributed by atoms with Crippen molar-refractivity contribution >= 4 is 5.91 Å². The lowest BCUT2D eigenvalue weighted by Crippen LogP contribution is -2.41. The van der Waals surface area contributed by atoms with Gasteiger partial charge in [0.2, 0.25) is 0 Å². The van der Waals surface area contributed by atoms with Gasteiger partial charge in [0.25, 0.3) is 5.91 Å². The standard InChI is InChI=1S/C19H14F5N3O2/c20-18(21,19(22,23)24)10-29-16-7-2-1-6-13(16)11-4-3-5-12(8-11)14-9-15(17(25)28)27-26-14/h1-9H,10H2,(H2,25,28)(H,26,27). The number of nitrogens with zero attached hydrogens (tertiary/aromatic N) is 1. The third-order valence-corrected chi connectivity index (χ3v) is 4.02. The Morgan fingerprint density at radius 3 is 2.34 bits per heavy atom. The number of alkyl halides is 5. The number of carbonyl (C=O) groups is 1. The number of hydrogen-bond acceptors (Lipinski definition) is 3. The number of rotatable bonds is 6. The maximum atomic E-state index is 13.2. The molecule has 3 N–H and O–H groups in total. The Labute approximate surface area is 161 Å². The van der Waals surface area contributed by atoms with E-state index in [1.165, 1.54) is 24.3 Å². The van der Waals surface area contributed by atoms with Gasteiger partial charge in [-0.2, -0.15) is 27.1 Å². The van der Waals surface area contributed by atoms with E-state index in [2.05, 4.69) is 10.2 Å². The van der Waals surface area contributed by atoms with Gasteiger partial charge < -0.3 is 10.5 Å². The van der Waals surface area contributed by atoms with Crippen molar-refractivity contribution in [2.24, 2.45) is 5.73 Å². The number of nitrogens with two attached hydrogens (primary N) is 1. The number of primary amides is 1. The molecule has 1 heterocycles. The highest BCUT2D eigenvalue weighted by molar-refractivity contribution is 5.92. The number of para-hydroxylation sites is 1. The summed E-state index contributed by atoms with van der Waals surface area (Å²) in [5.74, 6) is -5.81. The predicted octanol–water partition coefficient (Wildman–Crippen LogP) is 4.42. The highest BCUT2D eigenvalue weighted by atomic mass is 19.4. The molecule has 10 heteroatoms. The number of aromatic amines is 1. The molecule has 0 saturated heterocycles. The Morgan fingerprint density at radius 2 is 1.69 bits per heavy atom. The van der Waals surface area contributed by atoms with Crippen molar-refractivity contribution in [1.82, 2.24) is 10.2 Å². The van der Waals surface area contributed by atoms with E-state index in [-0.39, 0.29) is 11.4 Å². The Kier molecular flexibility index (Phi) is 5.27. The van der Waals surface area contributed by atoms with Gasteiger partial charge >= 0.3 is 12.1 Å². The summed E-state index contributed by atoms with van der Waals surface area (Å²) >= 11 is 0. The van der Waals surface area contributed by atoms with Crippen LogP contribution in [0.15, 0.2) is 54.6 Å². The smallest absolute Gasteiger partial charge is 0.456 e. The van der Waals surface area contributed by atoms with E-state index in [0.29, 0.717) is 22.4 Å². The summed E-state index contributed by atoms with van der Waals surface area (Å²) in [5.41, 5.74) is 7.07. The van der Waals surface area contributed by atoms with Crippen LogP contribution in [0.1, 0.15) is 10.5 Å². The van der Waals surface area contributed by atoms with Crippen LogP contribution in [0.5, 0.6) is 5.75 Å². The first kappa shape index (κ1) is 20.3. The SMILES string of the molecule is NC(=O)c1cc(-c2cccc(-c3ccccc3OCC(F)(F)C(F)(F)F)c2)n[nH]1. The summed E-state index contributed by atoms with van der Waals surface area (Å²) in [6.45, 7) is -1.84. The minimum atomic E-state index is -5.71. The number of benzene rings is 2. The molecule has 29 heavy (non-hydrogen) atoms. The van der Waals surface area contributed by atoms with Crippen molar-refractivity contribution < 1.29 is 31.5 Å². The fraction of sp³-hybridized carbons (Fsp3) is 0.158. The summed E-state index contributed by atoms with van der Waals surface area (Å²) in [7, 11) is 0. The molecule has 0 unspecified atom stereocenters. The van der Waals surface area contributed by atoms with Gasteiger partial charge in [0.05, 0.1) is 5.69 Å². The van der Waals surface area contributed by atoms with E-state index in [0.717, 1.165) is 0 Å². The molecule has 5 nitrogen and oxygen atoms in total. The molecular weight excluding hydrogens is 397 g/mol. The molecule has 0 aliphatic rings. The molecule has 2 aromatic carbocycles. The van der Waals surface area contributed by atoms with Crippen LogP contribution in [-0.4, -0.2) is 34.8 Å². The van der Waals surface area contributed by atoms with Crippen LogP contribution in [0.25, 0.3) is 22.4 Å². The van der Waals surface area contributed by atoms with Crippen LogP contribution >= 0.6 is 0 Å². The van der Waals surface area contributed by atoms with Crippen molar-refractivity contribution in [1.29, 1.82) is 0 Å². The number of nitrogens with one attached hydrogen (secondary N) is 1. The van der Waals surface area contributed by atoms with Gasteiger partial charge in [-0.3, -0.25) is 9.89 Å². The zero-order valence-electron chi connectivity index (χ0n) is 14.6. The van der Waals surface area contributed by atoms with Gasteiger partial charge in [0, 0.05) is 11.1 Å². The molecule has 0 radical (unpaired) electrons. The number of hydrogen-bond donors (Lipinski definition) is 2. The second kappa shape index (κ2) is 7.53. The normalized spacial score (nSPS) is 12.0. The van der Waals surface area contributed by atoms with Crippen molar-refractivity contribution in [3.8, 4) is 28.1 Å². The van der Waals surface area contributed by atoms with E-state index in [1.54, 1.807) is 30.3 Å². The van der Waals surface area contributed by atoms with Crippen LogP contribution < -0.4 is 10.5 Å². The number of amides is 1. The Hall–Kier alpha value is -3.43. The Balaban J connectivity index is 1.91. The van der Waals surface area contributed by atoms with E-state index in [1.807, 2.05) is 0 Å². The predicted molar refractivity (Wildman–Crippen MR) is 94.5 cm³/mol. The molecule has 0 atom stereocenters. The van der Waals surface area contributed by atoms with Gasteiger partial charge in [0.1, 0.15) is 11.4 Å². The van der Waals surface area contributed by atoms with Gasteiger partial charge in [0.15, 0.2) is 6.61 Å². The number of aromatic nitrogens is 2. The summed E-state index contributed by atoms with van der Waals surface area (Å²) in [4.78, 5) is 11.2. The first-order chi connectivity index (χ1) is 13.6. The van der Waals surface area contributed by atoms with E-state index >= 15 is 0 Å². The Bertz CT molecular complexity index is 1030. The van der Waals surface area contributed by atoms with Crippen LogP contribution in [-0.2, 0) is 0 Å². The van der Waals surface area contributed by atoms with E-state index < -0.39 is 24.6 Å². The number of halogens is 5. The largest absolute Gasteiger partial charge is 0.486 e. The molecule has 0 aliphatic carbocycles. The fourth-order valence-electron chi connectivity index (χ4n) is 2.52. The van der Waals surface area contributed by atoms with Crippen molar-refractivity contribution in [3.63, 3.8) is 0 Å². The zero-order valence-corrected chi connectivity index (χ0v) is 14.6. The highest BCUT2D eigenvalue weighted by Gasteiger charge is 2.58.